The van der Waals surface area contributed by atoms with Gasteiger partial charge in [-0.3, -0.25) is 33.6 Å². The van der Waals surface area contributed by atoms with Crippen LogP contribution >= 0.6 is 11.8 Å². The van der Waals surface area contributed by atoms with Gasteiger partial charge in [0.05, 0.1) is 31.3 Å². The number of nitrogens with zero attached hydrogens (tertiary/aromatic N) is 1. The first-order chi connectivity index (χ1) is 33.9. The zero-order valence-electron chi connectivity index (χ0n) is 40.9. The van der Waals surface area contributed by atoms with Crippen LogP contribution in [0.25, 0.3) is 0 Å². The van der Waals surface area contributed by atoms with Crippen LogP contribution in [0.5, 0.6) is 0 Å². The molecule has 0 spiro atoms. The van der Waals surface area contributed by atoms with E-state index >= 15 is 0 Å². The molecule has 1 aromatic carbocycles. The summed E-state index contributed by atoms with van der Waals surface area (Å²) in [7, 11) is 1.61. The number of urea groups is 1. The van der Waals surface area contributed by atoms with Crippen molar-refractivity contribution in [1.82, 2.24) is 47.4 Å². The number of thioether (sulfide) groups is 1. The van der Waals surface area contributed by atoms with Gasteiger partial charge in [0.2, 0.25) is 41.4 Å². The topological polar surface area (TPSA) is 276 Å². The van der Waals surface area contributed by atoms with Gasteiger partial charge in [-0.1, -0.05) is 25.1 Å². The molecule has 3 aliphatic rings. The van der Waals surface area contributed by atoms with E-state index in [1.807, 2.05) is 11.8 Å². The number of hydrogen-bond acceptors (Lipinski definition) is 13. The van der Waals surface area contributed by atoms with E-state index in [0.717, 1.165) is 49.5 Å². The Morgan fingerprint density at radius 3 is 2.17 bits per heavy atom. The molecule has 9 amide bonds. The Hall–Kier alpha value is -5.29. The van der Waals surface area contributed by atoms with Gasteiger partial charge in [0.15, 0.2) is 0 Å². The Morgan fingerprint density at radius 2 is 1.49 bits per heavy atom. The standard InChI is InChI=1S/C48H76N10O11S/c1-4-40(59)54-35-14-7-13-34(29-35)30-53-46(64)38-15-9-22-58(38)47(65)36(55-45(63)33(2)49-3)31-52-43(62)19-8-18-42(61)51-21-11-24-68-27-28-69-26-12-25-67-23-10-20-50-41(60)17-6-5-16-39-44-37(32-70-39)56-48(66)57-44/h4,7,13-14,29,33,36-39,44,49H,1,5-6,8-12,15-28,30-32H2,2-3H3,(H,50,60)(H,51,61)(H,52,62)(H,53,64)(H,54,59)(H,55,63)(H2,56,57,66)/t33-,36-,37-,38-,39-,44-/m0/s1. The van der Waals surface area contributed by atoms with Gasteiger partial charge in [0, 0.05) is 95.1 Å². The number of likely N-dealkylation sites (tertiary alicyclic amines) is 1. The van der Waals surface area contributed by atoms with Crippen LogP contribution in [0.2, 0.25) is 0 Å². The van der Waals surface area contributed by atoms with E-state index in [-0.39, 0.29) is 80.0 Å². The molecule has 4 rings (SSSR count). The summed E-state index contributed by atoms with van der Waals surface area (Å²) in [5.41, 5.74) is 1.28. The maximum absolute atomic E-state index is 13.9. The first-order valence-corrected chi connectivity index (χ1v) is 25.7. The third-order valence-corrected chi connectivity index (χ3v) is 13.6. The van der Waals surface area contributed by atoms with Gasteiger partial charge >= 0.3 is 6.03 Å². The Bertz CT molecular complexity index is 1880. The average molecular weight is 1000 g/mol. The van der Waals surface area contributed by atoms with Crippen LogP contribution in [0.4, 0.5) is 10.5 Å². The van der Waals surface area contributed by atoms with E-state index in [4.69, 9.17) is 14.2 Å². The van der Waals surface area contributed by atoms with Crippen molar-refractivity contribution < 1.29 is 52.6 Å². The lowest BCUT2D eigenvalue weighted by molar-refractivity contribution is -0.141. The number of ether oxygens (including phenoxy) is 3. The maximum atomic E-state index is 13.9. The molecular weight excluding hydrogens is 925 g/mol. The molecule has 0 unspecified atom stereocenters. The van der Waals surface area contributed by atoms with E-state index in [0.29, 0.717) is 95.9 Å². The highest BCUT2D eigenvalue weighted by molar-refractivity contribution is 8.00. The monoisotopic (exact) mass is 1000 g/mol. The van der Waals surface area contributed by atoms with Crippen LogP contribution < -0.4 is 47.9 Å². The lowest BCUT2D eigenvalue weighted by Crippen LogP contribution is -2.58. The SMILES string of the molecule is C=CC(=O)Nc1cccc(CNC(=O)[C@@H]2CCCN2C(=O)[C@H](CNC(=O)CCCC(=O)NCCCOCCOCCCOCCCNC(=O)CCCC[C@@H]2SC[C@@H]3NC(=O)N[C@@H]32)NC(=O)[C@H](C)NC)c1. The highest BCUT2D eigenvalue weighted by Gasteiger charge is 2.42. The Kier molecular flexibility index (Phi) is 26.7. The van der Waals surface area contributed by atoms with Crippen LogP contribution in [-0.2, 0) is 54.3 Å². The van der Waals surface area contributed by atoms with Gasteiger partial charge in [0.25, 0.3) is 0 Å². The number of unbranched alkanes of at least 4 members (excludes halogenated alkanes) is 1. The number of carbonyl (C=O) groups excluding carboxylic acids is 8. The number of nitrogens with one attached hydrogen (secondary N) is 9. The molecule has 0 saturated carbocycles. The zero-order chi connectivity index (χ0) is 50.5. The van der Waals surface area contributed by atoms with Crippen molar-refractivity contribution in [3.63, 3.8) is 0 Å². The van der Waals surface area contributed by atoms with Gasteiger partial charge < -0.3 is 67.0 Å². The lowest BCUT2D eigenvalue weighted by Gasteiger charge is -2.29. The van der Waals surface area contributed by atoms with Crippen molar-refractivity contribution in [3.05, 3.63) is 42.5 Å². The van der Waals surface area contributed by atoms with Crippen LogP contribution in [0.3, 0.4) is 0 Å². The summed E-state index contributed by atoms with van der Waals surface area (Å²) in [6, 6.07) is 4.81. The van der Waals surface area contributed by atoms with Crippen molar-refractivity contribution in [1.29, 1.82) is 0 Å². The van der Waals surface area contributed by atoms with Crippen molar-refractivity contribution in [3.8, 4) is 0 Å². The number of benzene rings is 1. The summed E-state index contributed by atoms with van der Waals surface area (Å²) in [4.78, 5) is 102. The summed E-state index contributed by atoms with van der Waals surface area (Å²) in [5.74, 6) is -1.25. The number of fused-ring (bicyclic) bond motifs is 1. The fourth-order valence-electron chi connectivity index (χ4n) is 8.05. The number of rotatable bonds is 35. The van der Waals surface area contributed by atoms with E-state index in [2.05, 4.69) is 54.4 Å². The molecule has 3 aliphatic heterocycles. The summed E-state index contributed by atoms with van der Waals surface area (Å²) in [6.45, 7) is 9.33. The van der Waals surface area contributed by atoms with Crippen LogP contribution in [0.15, 0.2) is 36.9 Å². The van der Waals surface area contributed by atoms with Gasteiger partial charge in [-0.25, -0.2) is 4.79 Å². The van der Waals surface area contributed by atoms with Crippen molar-refractivity contribution in [2.75, 3.05) is 83.9 Å². The van der Waals surface area contributed by atoms with Crippen LogP contribution in [0, 0.1) is 0 Å². The highest BCUT2D eigenvalue weighted by atomic mass is 32.2. The first-order valence-electron chi connectivity index (χ1n) is 24.7. The van der Waals surface area contributed by atoms with Crippen molar-refractivity contribution >= 4 is 64.8 Å². The molecule has 0 bridgehead atoms. The summed E-state index contributed by atoms with van der Waals surface area (Å²) in [6.07, 6.45) is 8.00. The van der Waals surface area contributed by atoms with Gasteiger partial charge in [0.1, 0.15) is 12.1 Å². The third-order valence-electron chi connectivity index (χ3n) is 12.0. The molecule has 6 atom stereocenters. The fraction of sp³-hybridized carbons (Fsp3) is 0.667. The molecule has 9 N–H and O–H groups in total. The van der Waals surface area contributed by atoms with E-state index < -0.39 is 29.9 Å². The Morgan fingerprint density at radius 1 is 0.829 bits per heavy atom. The highest BCUT2D eigenvalue weighted by Crippen LogP contribution is 2.33. The summed E-state index contributed by atoms with van der Waals surface area (Å²) < 4.78 is 16.8. The molecule has 3 fully saturated rings. The second-order valence-corrected chi connectivity index (χ2v) is 18.8. The predicted molar refractivity (Wildman–Crippen MR) is 265 cm³/mol. The Labute approximate surface area is 416 Å². The third kappa shape index (κ3) is 21.4. The minimum Gasteiger partial charge on any atom is -0.381 e. The number of hydrogen-bond donors (Lipinski definition) is 9. The maximum Gasteiger partial charge on any atom is 0.315 e. The summed E-state index contributed by atoms with van der Waals surface area (Å²) >= 11 is 1.89. The molecule has 22 heteroatoms. The molecule has 390 valence electrons. The Balaban J connectivity index is 0.970. The molecule has 3 heterocycles. The van der Waals surface area contributed by atoms with E-state index in [9.17, 15) is 38.4 Å². The van der Waals surface area contributed by atoms with Gasteiger partial charge in [-0.15, -0.1) is 0 Å². The number of anilines is 1. The normalized spacial score (nSPS) is 18.9. The molecule has 0 aromatic heterocycles. The first kappa shape index (κ1) is 57.3. The minimum atomic E-state index is -1.13. The van der Waals surface area contributed by atoms with Crippen molar-refractivity contribution in [2.24, 2.45) is 0 Å². The molecule has 3 saturated heterocycles. The van der Waals surface area contributed by atoms with E-state index in [1.54, 1.807) is 38.2 Å². The van der Waals surface area contributed by atoms with Gasteiger partial charge in [-0.2, -0.15) is 11.8 Å². The van der Waals surface area contributed by atoms with E-state index in [1.165, 1.54) is 4.90 Å². The van der Waals surface area contributed by atoms with Crippen LogP contribution in [0.1, 0.15) is 89.5 Å². The van der Waals surface area contributed by atoms with Crippen molar-refractivity contribution in [2.45, 2.75) is 126 Å². The number of carbonyl (C=O) groups is 8. The van der Waals surface area contributed by atoms with Crippen LogP contribution in [-0.4, -0.2) is 166 Å². The average Bonchev–Trinajstić information content (AvgIpc) is 4.09. The fourth-order valence-corrected chi connectivity index (χ4v) is 9.59. The lowest BCUT2D eigenvalue weighted by atomic mass is 10.0. The number of amides is 9. The smallest absolute Gasteiger partial charge is 0.315 e. The summed E-state index contributed by atoms with van der Waals surface area (Å²) in [5, 5.41) is 26.0. The predicted octanol–water partition coefficient (Wildman–Crippen LogP) is 0.976. The second-order valence-electron chi connectivity index (χ2n) is 17.5. The van der Waals surface area contributed by atoms with Gasteiger partial charge in [-0.05, 0) is 89.1 Å². The number of likely N-dealkylation sites (N-methyl/N-ethyl adjacent to an activating group) is 1. The zero-order valence-corrected chi connectivity index (χ0v) is 41.7. The minimum absolute atomic E-state index is 0.0304. The second kappa shape index (κ2) is 32.6. The quantitative estimate of drug-likeness (QED) is 0.0261. The molecule has 1 aromatic rings. The largest absolute Gasteiger partial charge is 0.381 e. The molecular formula is C48H76N10O11S. The molecule has 21 nitrogen and oxygen atoms in total. The molecule has 0 radical (unpaired) electrons. The molecule has 70 heavy (non-hydrogen) atoms. The molecule has 0 aliphatic carbocycles.